The minimum Gasteiger partial charge on any atom is -0.449 e. The van der Waals surface area contributed by atoms with Gasteiger partial charge in [-0.25, -0.2) is 4.79 Å². The number of carbonyl (C=O) groups is 1. The number of amides is 1. The summed E-state index contributed by atoms with van der Waals surface area (Å²) in [6, 6.07) is 0.315. The number of nitrogens with one attached hydrogen (secondary N) is 1. The zero-order valence-electron chi connectivity index (χ0n) is 7.95. The molecule has 0 saturated carbocycles. The second-order valence-electron chi connectivity index (χ2n) is 3.79. The number of fused-ring (bicyclic) bond motifs is 1. The Labute approximate surface area is 78.2 Å². The van der Waals surface area contributed by atoms with Gasteiger partial charge in [0.25, 0.3) is 0 Å². The monoisotopic (exact) mass is 184 g/mol. The van der Waals surface area contributed by atoms with Crippen LogP contribution in [0.2, 0.25) is 0 Å². The van der Waals surface area contributed by atoms with E-state index in [4.69, 9.17) is 4.74 Å². The topological polar surface area (TPSA) is 41.6 Å². The van der Waals surface area contributed by atoms with Crippen molar-refractivity contribution < 1.29 is 9.53 Å². The van der Waals surface area contributed by atoms with E-state index in [9.17, 15) is 4.79 Å². The Morgan fingerprint density at radius 1 is 1.69 bits per heavy atom. The Balaban J connectivity index is 1.95. The third-order valence-electron chi connectivity index (χ3n) is 3.02. The van der Waals surface area contributed by atoms with Crippen molar-refractivity contribution in [2.24, 2.45) is 5.92 Å². The highest BCUT2D eigenvalue weighted by molar-refractivity contribution is 5.68. The Bertz CT molecular complexity index is 208. The first-order valence-electron chi connectivity index (χ1n) is 4.95. The van der Waals surface area contributed by atoms with Crippen molar-refractivity contribution in [3.05, 3.63) is 0 Å². The highest BCUT2D eigenvalue weighted by Gasteiger charge is 2.34. The normalized spacial score (nSPS) is 34.7. The summed E-state index contributed by atoms with van der Waals surface area (Å²) in [5, 5.41) is 2.88. The average Bonchev–Trinajstić information content (AvgIpc) is 2.16. The van der Waals surface area contributed by atoms with Crippen LogP contribution >= 0.6 is 0 Å². The first kappa shape index (κ1) is 8.81. The van der Waals surface area contributed by atoms with Gasteiger partial charge >= 0.3 is 6.09 Å². The van der Waals surface area contributed by atoms with Crippen molar-refractivity contribution in [2.75, 3.05) is 26.2 Å². The van der Waals surface area contributed by atoms with Crippen LogP contribution in [0, 0.1) is 5.92 Å². The Morgan fingerprint density at radius 3 is 3.31 bits per heavy atom. The predicted molar refractivity (Wildman–Crippen MR) is 48.5 cm³/mol. The van der Waals surface area contributed by atoms with Crippen LogP contribution in [0.15, 0.2) is 0 Å². The number of hydrogen-bond acceptors (Lipinski definition) is 3. The van der Waals surface area contributed by atoms with Gasteiger partial charge in [-0.15, -0.1) is 0 Å². The van der Waals surface area contributed by atoms with Crippen LogP contribution in [0.4, 0.5) is 4.79 Å². The lowest BCUT2D eigenvalue weighted by molar-refractivity contribution is 0.0412. The maximum atomic E-state index is 11.0. The van der Waals surface area contributed by atoms with Crippen molar-refractivity contribution in [2.45, 2.75) is 19.4 Å². The summed E-state index contributed by atoms with van der Waals surface area (Å²) in [4.78, 5) is 13.3. The van der Waals surface area contributed by atoms with Crippen LogP contribution in [0.25, 0.3) is 0 Å². The molecule has 0 aromatic carbocycles. The van der Waals surface area contributed by atoms with Gasteiger partial charge < -0.3 is 15.0 Å². The number of rotatable bonds is 1. The minimum absolute atomic E-state index is 0.251. The molecule has 74 valence electrons. The van der Waals surface area contributed by atoms with E-state index in [0.29, 0.717) is 18.6 Å². The van der Waals surface area contributed by atoms with Crippen molar-refractivity contribution in [1.29, 1.82) is 0 Å². The Morgan fingerprint density at radius 2 is 2.54 bits per heavy atom. The molecule has 2 fully saturated rings. The first-order chi connectivity index (χ1) is 6.29. The smallest absolute Gasteiger partial charge is 0.407 e. The third kappa shape index (κ3) is 1.77. The van der Waals surface area contributed by atoms with Crippen LogP contribution in [0.5, 0.6) is 0 Å². The standard InChI is InChI=1S/C9H16N2O2/c1-2-11-4-3-7-6-13-9(12)10-8(7)5-11/h7-8H,2-6H2,1H3,(H,10,12)/t7-,8+/m1/s1. The minimum atomic E-state index is -0.251. The van der Waals surface area contributed by atoms with Crippen LogP contribution in [0.3, 0.4) is 0 Å². The second-order valence-corrected chi connectivity index (χ2v) is 3.79. The van der Waals surface area contributed by atoms with E-state index in [1.54, 1.807) is 0 Å². The fourth-order valence-electron chi connectivity index (χ4n) is 2.09. The first-order valence-corrected chi connectivity index (χ1v) is 4.95. The largest absolute Gasteiger partial charge is 0.449 e. The van der Waals surface area contributed by atoms with Gasteiger partial charge in [-0.05, 0) is 19.5 Å². The molecule has 13 heavy (non-hydrogen) atoms. The number of piperidine rings is 1. The molecule has 0 spiro atoms. The molecule has 4 heteroatoms. The SMILES string of the molecule is CCN1CC[C@@H]2COC(=O)N[C@H]2C1. The molecule has 0 aromatic rings. The summed E-state index contributed by atoms with van der Waals surface area (Å²) >= 11 is 0. The second kappa shape index (κ2) is 3.54. The molecule has 4 nitrogen and oxygen atoms in total. The lowest BCUT2D eigenvalue weighted by atomic mass is 9.91. The van der Waals surface area contributed by atoms with Gasteiger partial charge in [-0.1, -0.05) is 6.92 Å². The molecule has 0 aromatic heterocycles. The molecule has 2 atom stereocenters. The molecule has 0 bridgehead atoms. The molecular weight excluding hydrogens is 168 g/mol. The number of ether oxygens (including phenoxy) is 1. The van der Waals surface area contributed by atoms with Gasteiger partial charge in [-0.2, -0.15) is 0 Å². The lowest BCUT2D eigenvalue weighted by Crippen LogP contribution is -2.57. The summed E-state index contributed by atoms with van der Waals surface area (Å²) in [5.74, 6) is 0.528. The number of hydrogen-bond donors (Lipinski definition) is 1. The van der Waals surface area contributed by atoms with E-state index in [-0.39, 0.29) is 6.09 Å². The average molecular weight is 184 g/mol. The third-order valence-corrected chi connectivity index (χ3v) is 3.02. The summed E-state index contributed by atoms with van der Waals surface area (Å²) in [6.07, 6.45) is 0.887. The molecule has 2 aliphatic heterocycles. The number of carbonyl (C=O) groups excluding carboxylic acids is 1. The molecule has 2 aliphatic rings. The van der Waals surface area contributed by atoms with Gasteiger partial charge in [0.15, 0.2) is 0 Å². The van der Waals surface area contributed by atoms with Crippen LogP contribution in [-0.2, 0) is 4.74 Å². The van der Waals surface area contributed by atoms with Gasteiger partial charge in [0.2, 0.25) is 0 Å². The van der Waals surface area contributed by atoms with Crippen molar-refractivity contribution in [1.82, 2.24) is 10.2 Å². The van der Waals surface area contributed by atoms with Crippen molar-refractivity contribution >= 4 is 6.09 Å². The zero-order chi connectivity index (χ0) is 9.26. The number of likely N-dealkylation sites (N-methyl/N-ethyl adjacent to an activating group) is 1. The van der Waals surface area contributed by atoms with Gasteiger partial charge in [0.05, 0.1) is 12.6 Å². The highest BCUT2D eigenvalue weighted by Crippen LogP contribution is 2.20. The molecule has 2 saturated heterocycles. The number of likely N-dealkylation sites (tertiary alicyclic amines) is 1. The van der Waals surface area contributed by atoms with E-state index in [2.05, 4.69) is 17.1 Å². The lowest BCUT2D eigenvalue weighted by Gasteiger charge is -2.40. The molecule has 0 radical (unpaired) electrons. The van der Waals surface area contributed by atoms with Crippen LogP contribution < -0.4 is 5.32 Å². The van der Waals surface area contributed by atoms with E-state index in [1.807, 2.05) is 0 Å². The zero-order valence-corrected chi connectivity index (χ0v) is 7.95. The number of nitrogens with zero attached hydrogens (tertiary/aromatic N) is 1. The van der Waals surface area contributed by atoms with Gasteiger partial charge in [0.1, 0.15) is 0 Å². The fraction of sp³-hybridized carbons (Fsp3) is 0.889. The predicted octanol–water partition coefficient (Wildman–Crippen LogP) is 0.437. The summed E-state index contributed by atoms with van der Waals surface area (Å²) < 4.78 is 4.95. The van der Waals surface area contributed by atoms with Crippen molar-refractivity contribution in [3.8, 4) is 0 Å². The van der Waals surface area contributed by atoms with Gasteiger partial charge in [0, 0.05) is 12.5 Å². The highest BCUT2D eigenvalue weighted by atomic mass is 16.6. The molecule has 1 amide bonds. The van der Waals surface area contributed by atoms with E-state index < -0.39 is 0 Å². The van der Waals surface area contributed by atoms with Crippen molar-refractivity contribution in [3.63, 3.8) is 0 Å². The summed E-state index contributed by atoms with van der Waals surface area (Å²) in [5.41, 5.74) is 0. The fourth-order valence-corrected chi connectivity index (χ4v) is 2.09. The van der Waals surface area contributed by atoms with E-state index in [0.717, 1.165) is 26.1 Å². The molecular formula is C9H16N2O2. The van der Waals surface area contributed by atoms with Crippen LogP contribution in [-0.4, -0.2) is 43.3 Å². The molecule has 2 heterocycles. The van der Waals surface area contributed by atoms with Gasteiger partial charge in [-0.3, -0.25) is 0 Å². The van der Waals surface area contributed by atoms with E-state index >= 15 is 0 Å². The Kier molecular flexibility index (Phi) is 2.40. The maximum absolute atomic E-state index is 11.0. The number of alkyl carbamates (subject to hydrolysis) is 1. The quantitative estimate of drug-likeness (QED) is 0.643. The maximum Gasteiger partial charge on any atom is 0.407 e. The number of cyclic esters (lactones) is 1. The molecule has 0 aliphatic carbocycles. The summed E-state index contributed by atoms with van der Waals surface area (Å²) in [6.45, 7) is 5.95. The molecule has 0 unspecified atom stereocenters. The molecule has 1 N–H and O–H groups in total. The van der Waals surface area contributed by atoms with Crippen LogP contribution in [0.1, 0.15) is 13.3 Å². The molecule has 2 rings (SSSR count). The van der Waals surface area contributed by atoms with E-state index in [1.165, 1.54) is 0 Å². The Hall–Kier alpha value is -0.770. The summed E-state index contributed by atoms with van der Waals surface area (Å²) in [7, 11) is 0.